The summed E-state index contributed by atoms with van der Waals surface area (Å²) in [6.45, 7) is 4.69. The lowest BCUT2D eigenvalue weighted by molar-refractivity contribution is -0.146. The number of nitrogens with one attached hydrogen (secondary N) is 2. The lowest BCUT2D eigenvalue weighted by Crippen LogP contribution is -2.53. The Morgan fingerprint density at radius 2 is 1.90 bits per heavy atom. The Morgan fingerprint density at radius 3 is 2.53 bits per heavy atom. The van der Waals surface area contributed by atoms with Crippen molar-refractivity contribution in [3.05, 3.63) is 35.4 Å². The molecule has 0 spiro atoms. The fourth-order valence-corrected chi connectivity index (χ4v) is 4.63. The molecule has 8 heteroatoms. The smallest absolute Gasteiger partial charge is 0.389 e. The molecule has 5 nitrogen and oxygen atoms in total. The summed E-state index contributed by atoms with van der Waals surface area (Å²) in [4.78, 5) is 13.2. The predicted octanol–water partition coefficient (Wildman–Crippen LogP) is 3.40. The van der Waals surface area contributed by atoms with E-state index >= 15 is 0 Å². The number of benzene rings is 1. The molecule has 1 saturated heterocycles. The summed E-state index contributed by atoms with van der Waals surface area (Å²) < 4.78 is 44.2. The fourth-order valence-electron chi connectivity index (χ4n) is 4.63. The number of carbonyl (C=O) groups excluding carboxylic acids is 1. The van der Waals surface area contributed by atoms with Crippen molar-refractivity contribution in [3.63, 3.8) is 0 Å². The third-order valence-electron chi connectivity index (χ3n) is 6.52. The highest BCUT2D eigenvalue weighted by atomic mass is 19.4. The normalized spacial score (nSPS) is 26.0. The molecule has 168 valence electrons. The molecule has 3 N–H and O–H groups in total. The largest absolute Gasteiger partial charge is 0.416 e. The first-order valence-electron chi connectivity index (χ1n) is 10.5. The van der Waals surface area contributed by atoms with E-state index in [1.807, 2.05) is 0 Å². The standard InChI is InChI=1S/C22H31F3N2O3/c1-20(2,29)21(9-6-18(13-21)27-17-7-10-30-11-8-17)19(28)26-14-15-4-3-5-16(12-15)22(23,24)25/h3-5,12,17-18,27,29H,6-11,13-14H2,1-2H3,(H,26,28)/t18-,21-/m1/s1. The van der Waals surface area contributed by atoms with Gasteiger partial charge in [-0.05, 0) is 63.6 Å². The summed E-state index contributed by atoms with van der Waals surface area (Å²) in [6, 6.07) is 5.39. The summed E-state index contributed by atoms with van der Waals surface area (Å²) in [7, 11) is 0. The zero-order valence-corrected chi connectivity index (χ0v) is 17.5. The Labute approximate surface area is 175 Å². The van der Waals surface area contributed by atoms with Crippen molar-refractivity contribution in [1.29, 1.82) is 0 Å². The highest BCUT2D eigenvalue weighted by Gasteiger charge is 2.54. The molecule has 1 aromatic carbocycles. The molecule has 30 heavy (non-hydrogen) atoms. The molecule has 1 saturated carbocycles. The summed E-state index contributed by atoms with van der Waals surface area (Å²) in [6.07, 6.45) is -0.809. The van der Waals surface area contributed by atoms with E-state index in [0.29, 0.717) is 24.4 Å². The first-order chi connectivity index (χ1) is 14.0. The van der Waals surface area contributed by atoms with Crippen LogP contribution in [-0.4, -0.2) is 41.9 Å². The van der Waals surface area contributed by atoms with E-state index in [-0.39, 0.29) is 18.5 Å². The van der Waals surface area contributed by atoms with Gasteiger partial charge in [-0.15, -0.1) is 0 Å². The second-order valence-electron chi connectivity index (χ2n) is 9.01. The van der Waals surface area contributed by atoms with Gasteiger partial charge in [-0.3, -0.25) is 4.79 Å². The third kappa shape index (κ3) is 5.15. The summed E-state index contributed by atoms with van der Waals surface area (Å²) in [5.74, 6) is -0.316. The molecule has 0 bridgehead atoms. The minimum absolute atomic E-state index is 0.0152. The molecule has 1 aromatic rings. The van der Waals surface area contributed by atoms with Crippen LogP contribution in [0.2, 0.25) is 0 Å². The van der Waals surface area contributed by atoms with Gasteiger partial charge in [0, 0.05) is 31.8 Å². The lowest BCUT2D eigenvalue weighted by Gasteiger charge is -2.39. The van der Waals surface area contributed by atoms with Crippen LogP contribution in [0.4, 0.5) is 13.2 Å². The monoisotopic (exact) mass is 428 g/mol. The van der Waals surface area contributed by atoms with Crippen LogP contribution in [0.15, 0.2) is 24.3 Å². The molecule has 2 aliphatic rings. The maximum atomic E-state index is 13.2. The van der Waals surface area contributed by atoms with Crippen molar-refractivity contribution < 1.29 is 27.8 Å². The van der Waals surface area contributed by atoms with E-state index in [1.54, 1.807) is 19.9 Å². The van der Waals surface area contributed by atoms with Gasteiger partial charge in [-0.1, -0.05) is 12.1 Å². The number of hydrogen-bond acceptors (Lipinski definition) is 4. The minimum Gasteiger partial charge on any atom is -0.389 e. The van der Waals surface area contributed by atoms with Crippen LogP contribution in [0.1, 0.15) is 57.1 Å². The van der Waals surface area contributed by atoms with Gasteiger partial charge >= 0.3 is 6.18 Å². The first-order valence-corrected chi connectivity index (χ1v) is 10.5. The summed E-state index contributed by atoms with van der Waals surface area (Å²) in [5.41, 5.74) is -2.61. The van der Waals surface area contributed by atoms with Gasteiger partial charge in [0.05, 0.1) is 16.6 Å². The van der Waals surface area contributed by atoms with Gasteiger partial charge in [0.1, 0.15) is 0 Å². The van der Waals surface area contributed by atoms with E-state index in [2.05, 4.69) is 10.6 Å². The number of rotatable bonds is 6. The molecule has 1 heterocycles. The van der Waals surface area contributed by atoms with Gasteiger partial charge in [0.2, 0.25) is 5.91 Å². The Kier molecular flexibility index (Phi) is 6.79. The molecule has 3 rings (SSSR count). The Morgan fingerprint density at radius 1 is 1.20 bits per heavy atom. The van der Waals surface area contributed by atoms with Gasteiger partial charge < -0.3 is 20.5 Å². The third-order valence-corrected chi connectivity index (χ3v) is 6.52. The molecule has 1 aliphatic heterocycles. The Bertz CT molecular complexity index is 742. The van der Waals surface area contributed by atoms with Crippen LogP contribution in [-0.2, 0) is 22.3 Å². The molecule has 2 atom stereocenters. The number of amides is 1. The first kappa shape index (κ1) is 23.0. The number of aliphatic hydroxyl groups is 1. The van der Waals surface area contributed by atoms with Crippen molar-refractivity contribution in [3.8, 4) is 0 Å². The number of halogens is 3. The predicted molar refractivity (Wildman–Crippen MR) is 107 cm³/mol. The van der Waals surface area contributed by atoms with E-state index in [4.69, 9.17) is 4.74 Å². The second kappa shape index (κ2) is 8.85. The zero-order valence-electron chi connectivity index (χ0n) is 17.5. The molecule has 0 aromatic heterocycles. The van der Waals surface area contributed by atoms with Gasteiger partial charge in [-0.25, -0.2) is 0 Å². The van der Waals surface area contributed by atoms with E-state index < -0.39 is 22.8 Å². The van der Waals surface area contributed by atoms with Crippen LogP contribution in [0.25, 0.3) is 0 Å². The topological polar surface area (TPSA) is 70.6 Å². The number of ether oxygens (including phenoxy) is 1. The van der Waals surface area contributed by atoms with Crippen LogP contribution in [0, 0.1) is 5.41 Å². The summed E-state index contributed by atoms with van der Waals surface area (Å²) >= 11 is 0. The van der Waals surface area contributed by atoms with Gasteiger partial charge in [-0.2, -0.15) is 13.2 Å². The second-order valence-corrected chi connectivity index (χ2v) is 9.01. The SMILES string of the molecule is CC(C)(O)[C@]1(C(=O)NCc2cccc(C(F)(F)F)c2)CC[C@@H](NC2CCOCC2)C1. The zero-order chi connectivity index (χ0) is 22.0. The summed E-state index contributed by atoms with van der Waals surface area (Å²) in [5, 5.41) is 17.2. The van der Waals surface area contributed by atoms with Crippen molar-refractivity contribution >= 4 is 5.91 Å². The molecular formula is C22H31F3N2O3. The van der Waals surface area contributed by atoms with Crippen LogP contribution in [0.3, 0.4) is 0 Å². The fraction of sp³-hybridized carbons (Fsp3) is 0.682. The van der Waals surface area contributed by atoms with E-state index in [1.165, 1.54) is 6.07 Å². The molecule has 0 unspecified atom stereocenters. The molecule has 1 amide bonds. The quantitative estimate of drug-likeness (QED) is 0.650. The Hall–Kier alpha value is -1.64. The lowest BCUT2D eigenvalue weighted by atomic mass is 9.71. The van der Waals surface area contributed by atoms with E-state index in [0.717, 1.165) is 44.6 Å². The molecular weight excluding hydrogens is 397 g/mol. The van der Waals surface area contributed by atoms with Gasteiger partial charge in [0.15, 0.2) is 0 Å². The number of carbonyl (C=O) groups is 1. The molecule has 2 fully saturated rings. The molecule has 1 aliphatic carbocycles. The highest BCUT2D eigenvalue weighted by Crippen LogP contribution is 2.47. The van der Waals surface area contributed by atoms with Crippen molar-refractivity contribution in [2.24, 2.45) is 5.41 Å². The van der Waals surface area contributed by atoms with Crippen LogP contribution >= 0.6 is 0 Å². The van der Waals surface area contributed by atoms with Gasteiger partial charge in [0.25, 0.3) is 0 Å². The average molecular weight is 428 g/mol. The molecule has 0 radical (unpaired) electrons. The van der Waals surface area contributed by atoms with Crippen molar-refractivity contribution in [1.82, 2.24) is 10.6 Å². The highest BCUT2D eigenvalue weighted by molar-refractivity contribution is 5.84. The van der Waals surface area contributed by atoms with Crippen LogP contribution in [0.5, 0.6) is 0 Å². The maximum absolute atomic E-state index is 13.2. The minimum atomic E-state index is -4.43. The van der Waals surface area contributed by atoms with E-state index in [9.17, 15) is 23.1 Å². The van der Waals surface area contributed by atoms with Crippen molar-refractivity contribution in [2.45, 2.75) is 76.4 Å². The number of alkyl halides is 3. The Balaban J connectivity index is 1.66. The average Bonchev–Trinajstić information content (AvgIpc) is 3.12. The maximum Gasteiger partial charge on any atom is 0.416 e. The van der Waals surface area contributed by atoms with Crippen molar-refractivity contribution in [2.75, 3.05) is 13.2 Å². The van der Waals surface area contributed by atoms with Crippen LogP contribution < -0.4 is 10.6 Å². The number of hydrogen-bond donors (Lipinski definition) is 3.